The molecular weight excluding hydrogens is 462 g/mol. The molecule has 0 bridgehead atoms. The van der Waals surface area contributed by atoms with Crippen LogP contribution in [0.15, 0.2) is 48.9 Å². The molecule has 5 nitrogen and oxygen atoms in total. The number of pyridine rings is 1. The highest BCUT2D eigenvalue weighted by Gasteiger charge is 2.32. The van der Waals surface area contributed by atoms with Gasteiger partial charge >= 0.3 is 12.4 Å². The maximum atomic E-state index is 13.0. The normalized spacial score (nSPS) is 13.0. The van der Waals surface area contributed by atoms with E-state index in [4.69, 9.17) is 11.6 Å². The molecule has 1 amide bonds. The van der Waals surface area contributed by atoms with Gasteiger partial charge in [0.2, 0.25) is 0 Å². The summed E-state index contributed by atoms with van der Waals surface area (Å²) in [6.07, 6.45) is -6.03. The van der Waals surface area contributed by atoms with E-state index in [-0.39, 0.29) is 27.7 Å². The SMILES string of the molecule is CC(NC(=O)c1cc(Cl)cc(C(F)(F)F)c1)c1nccnc1-c1ccc(C(F)(F)F)cn1. The molecular formula is C20H13ClF6N4O. The van der Waals surface area contributed by atoms with Crippen molar-refractivity contribution >= 4 is 17.5 Å². The van der Waals surface area contributed by atoms with Crippen molar-refractivity contribution in [3.8, 4) is 11.4 Å². The first-order valence-electron chi connectivity index (χ1n) is 8.89. The molecule has 0 fully saturated rings. The Labute approximate surface area is 182 Å². The van der Waals surface area contributed by atoms with Gasteiger partial charge in [-0.2, -0.15) is 26.3 Å². The van der Waals surface area contributed by atoms with Crippen LogP contribution in [0.2, 0.25) is 5.02 Å². The molecule has 0 aliphatic heterocycles. The summed E-state index contributed by atoms with van der Waals surface area (Å²) in [6, 6.07) is 3.49. The zero-order valence-electron chi connectivity index (χ0n) is 16.1. The van der Waals surface area contributed by atoms with Gasteiger partial charge in [-0.1, -0.05) is 11.6 Å². The van der Waals surface area contributed by atoms with Gasteiger partial charge in [0.15, 0.2) is 0 Å². The lowest BCUT2D eigenvalue weighted by molar-refractivity contribution is -0.138. The van der Waals surface area contributed by atoms with E-state index in [0.717, 1.165) is 18.2 Å². The van der Waals surface area contributed by atoms with Gasteiger partial charge in [0.1, 0.15) is 5.69 Å². The lowest BCUT2D eigenvalue weighted by Gasteiger charge is -2.17. The van der Waals surface area contributed by atoms with Crippen molar-refractivity contribution in [2.45, 2.75) is 25.3 Å². The third-order valence-corrected chi connectivity index (χ3v) is 4.52. The van der Waals surface area contributed by atoms with Gasteiger partial charge < -0.3 is 5.32 Å². The zero-order chi connectivity index (χ0) is 23.7. The van der Waals surface area contributed by atoms with Gasteiger partial charge in [0.05, 0.1) is 28.6 Å². The summed E-state index contributed by atoms with van der Waals surface area (Å²) >= 11 is 5.71. The van der Waals surface area contributed by atoms with Gasteiger partial charge in [0, 0.05) is 29.2 Å². The lowest BCUT2D eigenvalue weighted by atomic mass is 10.1. The largest absolute Gasteiger partial charge is 0.417 e. The molecule has 1 atom stereocenters. The van der Waals surface area contributed by atoms with E-state index in [0.29, 0.717) is 18.3 Å². The number of carbonyl (C=O) groups is 1. The number of rotatable bonds is 4. The van der Waals surface area contributed by atoms with E-state index >= 15 is 0 Å². The monoisotopic (exact) mass is 474 g/mol. The minimum absolute atomic E-state index is 0.0734. The Morgan fingerprint density at radius 1 is 0.938 bits per heavy atom. The van der Waals surface area contributed by atoms with Crippen molar-refractivity contribution in [3.63, 3.8) is 0 Å². The number of nitrogens with one attached hydrogen (secondary N) is 1. The first kappa shape index (κ1) is 23.5. The number of amides is 1. The fourth-order valence-corrected chi connectivity index (χ4v) is 3.03. The molecule has 0 spiro atoms. The van der Waals surface area contributed by atoms with Gasteiger partial charge in [-0.3, -0.25) is 19.7 Å². The van der Waals surface area contributed by atoms with E-state index in [1.165, 1.54) is 19.3 Å². The molecule has 0 radical (unpaired) electrons. The minimum Gasteiger partial charge on any atom is -0.344 e. The van der Waals surface area contributed by atoms with Crippen molar-refractivity contribution in [1.82, 2.24) is 20.3 Å². The molecule has 2 aromatic heterocycles. The van der Waals surface area contributed by atoms with Crippen LogP contribution in [0, 0.1) is 0 Å². The van der Waals surface area contributed by atoms with Crippen LogP contribution in [0.4, 0.5) is 26.3 Å². The number of halogens is 7. The van der Waals surface area contributed by atoms with Crippen LogP contribution in [0.1, 0.15) is 40.1 Å². The predicted molar refractivity (Wildman–Crippen MR) is 103 cm³/mol. The van der Waals surface area contributed by atoms with Crippen molar-refractivity contribution in [2.75, 3.05) is 0 Å². The first-order valence-corrected chi connectivity index (χ1v) is 9.27. The fourth-order valence-electron chi connectivity index (χ4n) is 2.80. The van der Waals surface area contributed by atoms with E-state index in [1.54, 1.807) is 0 Å². The molecule has 168 valence electrons. The standard InChI is InChI=1S/C20H13ClF6N4O/c1-10(31-18(32)11-6-13(20(25,26)27)8-14(21)7-11)16-17(29-5-4-28-16)15-3-2-12(9-30-15)19(22,23)24/h2-10H,1H3,(H,31,32). The van der Waals surface area contributed by atoms with Gasteiger partial charge in [-0.15, -0.1) is 0 Å². The molecule has 12 heteroatoms. The Morgan fingerprint density at radius 3 is 2.19 bits per heavy atom. The highest BCUT2D eigenvalue weighted by molar-refractivity contribution is 6.31. The number of nitrogens with zero attached hydrogens (tertiary/aromatic N) is 3. The van der Waals surface area contributed by atoms with Crippen LogP contribution in [-0.2, 0) is 12.4 Å². The maximum absolute atomic E-state index is 13.0. The van der Waals surface area contributed by atoms with Gasteiger partial charge in [-0.25, -0.2) is 0 Å². The summed E-state index contributed by atoms with van der Waals surface area (Å²) in [5.74, 6) is -0.859. The summed E-state index contributed by atoms with van der Waals surface area (Å²) in [4.78, 5) is 24.5. The summed E-state index contributed by atoms with van der Waals surface area (Å²) in [5, 5.41) is 2.22. The number of hydrogen-bond acceptors (Lipinski definition) is 4. The summed E-state index contributed by atoms with van der Waals surface area (Å²) in [6.45, 7) is 1.49. The van der Waals surface area contributed by atoms with Crippen molar-refractivity contribution < 1.29 is 31.1 Å². The quantitative estimate of drug-likeness (QED) is 0.491. The zero-order valence-corrected chi connectivity index (χ0v) is 16.8. The van der Waals surface area contributed by atoms with Crippen LogP contribution >= 0.6 is 11.6 Å². The molecule has 0 saturated carbocycles. The number of benzene rings is 1. The van der Waals surface area contributed by atoms with Gasteiger partial charge in [0.25, 0.3) is 5.91 Å². The highest BCUT2D eigenvalue weighted by atomic mass is 35.5. The van der Waals surface area contributed by atoms with Crippen LogP contribution in [-0.4, -0.2) is 20.9 Å². The van der Waals surface area contributed by atoms with Crippen LogP contribution < -0.4 is 5.32 Å². The third kappa shape index (κ3) is 5.34. The summed E-state index contributed by atoms with van der Waals surface area (Å²) in [5.41, 5.74) is -2.02. The van der Waals surface area contributed by atoms with Crippen molar-refractivity contribution in [3.05, 3.63) is 76.3 Å². The lowest BCUT2D eigenvalue weighted by Crippen LogP contribution is -2.28. The molecule has 0 saturated heterocycles. The number of hydrogen-bond donors (Lipinski definition) is 1. The Hall–Kier alpha value is -3.21. The van der Waals surface area contributed by atoms with E-state index in [1.807, 2.05) is 0 Å². The fraction of sp³-hybridized carbons (Fsp3) is 0.200. The third-order valence-electron chi connectivity index (χ3n) is 4.31. The average Bonchev–Trinajstić information content (AvgIpc) is 2.72. The smallest absolute Gasteiger partial charge is 0.344 e. The number of aromatic nitrogens is 3. The Bertz CT molecular complexity index is 1130. The predicted octanol–water partition coefficient (Wildman–Crippen LogP) is 5.72. The molecule has 32 heavy (non-hydrogen) atoms. The second-order valence-corrected chi connectivity index (χ2v) is 7.08. The molecule has 0 aliphatic carbocycles. The Morgan fingerprint density at radius 2 is 1.59 bits per heavy atom. The molecule has 3 rings (SSSR count). The van der Waals surface area contributed by atoms with Crippen molar-refractivity contribution in [2.24, 2.45) is 0 Å². The highest BCUT2D eigenvalue weighted by Crippen LogP contribution is 2.33. The summed E-state index contributed by atoms with van der Waals surface area (Å²) in [7, 11) is 0. The molecule has 0 aliphatic rings. The Kier molecular flexibility index (Phi) is 6.40. The topological polar surface area (TPSA) is 67.8 Å². The van der Waals surface area contributed by atoms with Crippen LogP contribution in [0.3, 0.4) is 0 Å². The Balaban J connectivity index is 1.88. The summed E-state index contributed by atoms with van der Waals surface area (Å²) < 4.78 is 77.3. The molecule has 3 aromatic rings. The molecule has 1 unspecified atom stereocenters. The minimum atomic E-state index is -4.70. The van der Waals surface area contributed by atoms with Crippen LogP contribution in [0.5, 0.6) is 0 Å². The number of alkyl halides is 6. The molecule has 1 N–H and O–H groups in total. The van der Waals surface area contributed by atoms with Gasteiger partial charge in [-0.05, 0) is 37.3 Å². The van der Waals surface area contributed by atoms with E-state index < -0.39 is 35.4 Å². The second kappa shape index (κ2) is 8.73. The van der Waals surface area contributed by atoms with E-state index in [9.17, 15) is 31.1 Å². The van der Waals surface area contributed by atoms with Crippen molar-refractivity contribution in [1.29, 1.82) is 0 Å². The average molecular weight is 475 g/mol. The molecule has 2 heterocycles. The number of carbonyl (C=O) groups excluding carboxylic acids is 1. The molecule has 1 aromatic carbocycles. The second-order valence-electron chi connectivity index (χ2n) is 6.64. The van der Waals surface area contributed by atoms with Crippen LogP contribution in [0.25, 0.3) is 11.4 Å². The van der Waals surface area contributed by atoms with E-state index in [2.05, 4.69) is 20.3 Å². The maximum Gasteiger partial charge on any atom is 0.417 e. The first-order chi connectivity index (χ1) is 14.9.